The third kappa shape index (κ3) is 4.08. The summed E-state index contributed by atoms with van der Waals surface area (Å²) < 4.78 is 57.9. The van der Waals surface area contributed by atoms with E-state index in [-0.39, 0.29) is 29.4 Å². The number of benzene rings is 1. The van der Waals surface area contributed by atoms with Crippen LogP contribution in [0.25, 0.3) is 5.57 Å². The molecule has 3 aromatic heterocycles. The van der Waals surface area contributed by atoms with Crippen LogP contribution < -0.4 is 0 Å². The lowest BCUT2D eigenvalue weighted by atomic mass is 9.89. The Hall–Kier alpha value is -3.62. The Bertz CT molecular complexity index is 1540. The summed E-state index contributed by atoms with van der Waals surface area (Å²) in [6, 6.07) is 4.17. The van der Waals surface area contributed by atoms with Crippen LogP contribution in [0.5, 0.6) is 0 Å². The van der Waals surface area contributed by atoms with Gasteiger partial charge in [0.2, 0.25) is 0 Å². The highest BCUT2D eigenvalue weighted by molar-refractivity contribution is 7.11. The van der Waals surface area contributed by atoms with Crippen molar-refractivity contribution in [1.29, 1.82) is 0 Å². The van der Waals surface area contributed by atoms with E-state index in [1.54, 1.807) is 16.5 Å². The van der Waals surface area contributed by atoms with Gasteiger partial charge in [-0.15, -0.1) is 16.4 Å². The molecule has 2 aliphatic rings. The number of aliphatic hydroxyl groups is 1. The Morgan fingerprint density at radius 1 is 1.26 bits per heavy atom. The molecule has 2 aliphatic heterocycles. The van der Waals surface area contributed by atoms with Gasteiger partial charge in [0.05, 0.1) is 12.2 Å². The summed E-state index contributed by atoms with van der Waals surface area (Å²) in [6.07, 6.45) is 1.96. The summed E-state index contributed by atoms with van der Waals surface area (Å²) in [5.41, 5.74) is -1.14. The Kier molecular flexibility index (Phi) is 6.04. The summed E-state index contributed by atoms with van der Waals surface area (Å²) >= 11 is 7.69. The molecule has 1 aromatic carbocycles. The van der Waals surface area contributed by atoms with Crippen LogP contribution in [0.3, 0.4) is 0 Å². The van der Waals surface area contributed by atoms with Gasteiger partial charge in [0.15, 0.2) is 16.5 Å². The fraction of sp³-hybridized carbons (Fsp3) is 0.261. The number of aromatic amines is 1. The lowest BCUT2D eigenvalue weighted by Gasteiger charge is -2.32. The van der Waals surface area contributed by atoms with Crippen LogP contribution in [0, 0.1) is 5.82 Å². The first-order valence-electron chi connectivity index (χ1n) is 11.3. The predicted octanol–water partition coefficient (Wildman–Crippen LogP) is 4.71. The molecular weight excluding hydrogens is 548 g/mol. The van der Waals surface area contributed by atoms with E-state index >= 15 is 4.39 Å². The standard InChI is InChI=1S/C23H17ClF4N8OS/c24-13-7-11(25)1-2-12(13)18-17(14-3-5-36(33-14)22(26)27)16-8-23(28,19(37)15-9-30-34-32-15)10-35(16)20(31-18)21-29-4-6-38-21/h1-7,9,18-19,22,37H,8,10H2,(H,30,32,34)/t18-,19?,23?/m0/s1. The Labute approximate surface area is 221 Å². The first-order valence-corrected chi connectivity index (χ1v) is 12.5. The van der Waals surface area contributed by atoms with Crippen molar-refractivity contribution in [2.45, 2.75) is 30.8 Å². The number of H-pyrrole nitrogens is 1. The highest BCUT2D eigenvalue weighted by atomic mass is 35.5. The molecule has 9 nitrogen and oxygen atoms in total. The minimum absolute atomic E-state index is 0.00217. The summed E-state index contributed by atoms with van der Waals surface area (Å²) in [7, 11) is 0. The zero-order valence-electron chi connectivity index (χ0n) is 19.1. The van der Waals surface area contributed by atoms with Crippen LogP contribution in [0.4, 0.5) is 17.6 Å². The molecule has 0 bridgehead atoms. The lowest BCUT2D eigenvalue weighted by Crippen LogP contribution is -2.39. The molecule has 0 radical (unpaired) electrons. The second-order valence-electron chi connectivity index (χ2n) is 8.78. The van der Waals surface area contributed by atoms with Gasteiger partial charge in [-0.25, -0.2) is 18.4 Å². The minimum atomic E-state index is -2.91. The Balaban J connectivity index is 1.57. The number of rotatable bonds is 6. The highest BCUT2D eigenvalue weighted by Crippen LogP contribution is 2.51. The van der Waals surface area contributed by atoms with Gasteiger partial charge in [-0.3, -0.25) is 10.1 Å². The first kappa shape index (κ1) is 24.7. The number of aliphatic imine (C=N–C) groups is 1. The average Bonchev–Trinajstić information content (AvgIpc) is 3.69. The van der Waals surface area contributed by atoms with Crippen molar-refractivity contribution in [3.63, 3.8) is 0 Å². The number of thiazole rings is 1. The highest BCUT2D eigenvalue weighted by Gasteiger charge is 2.53. The van der Waals surface area contributed by atoms with E-state index in [2.05, 4.69) is 25.5 Å². The van der Waals surface area contributed by atoms with Crippen molar-refractivity contribution in [2.24, 2.45) is 4.99 Å². The van der Waals surface area contributed by atoms with Gasteiger partial charge in [0, 0.05) is 52.2 Å². The van der Waals surface area contributed by atoms with E-state index in [0.717, 1.165) is 12.3 Å². The molecule has 2 unspecified atom stereocenters. The molecule has 1 saturated heterocycles. The molecule has 0 amide bonds. The number of aromatic nitrogens is 6. The van der Waals surface area contributed by atoms with Crippen molar-refractivity contribution in [2.75, 3.05) is 6.54 Å². The summed E-state index contributed by atoms with van der Waals surface area (Å²) in [6.45, 7) is -3.24. The van der Waals surface area contributed by atoms with Crippen molar-refractivity contribution in [3.8, 4) is 0 Å². The van der Waals surface area contributed by atoms with E-state index in [9.17, 15) is 18.3 Å². The third-order valence-corrected chi connectivity index (χ3v) is 7.57. The van der Waals surface area contributed by atoms with E-state index in [1.165, 1.54) is 35.7 Å². The number of alkyl halides is 3. The molecule has 0 aliphatic carbocycles. The summed E-state index contributed by atoms with van der Waals surface area (Å²) in [4.78, 5) is 10.7. The number of nitrogens with zero attached hydrogens (tertiary/aromatic N) is 7. The van der Waals surface area contributed by atoms with Gasteiger partial charge in [-0.1, -0.05) is 22.9 Å². The first-order chi connectivity index (χ1) is 18.2. The normalized spacial score (nSPS) is 22.2. The van der Waals surface area contributed by atoms with Crippen LogP contribution in [-0.4, -0.2) is 58.2 Å². The topological polar surface area (TPSA) is 108 Å². The van der Waals surface area contributed by atoms with Crippen molar-refractivity contribution >= 4 is 34.3 Å². The minimum Gasteiger partial charge on any atom is -0.383 e. The second kappa shape index (κ2) is 9.29. The van der Waals surface area contributed by atoms with Gasteiger partial charge in [0.25, 0.3) is 0 Å². The van der Waals surface area contributed by atoms with Gasteiger partial charge in [-0.2, -0.15) is 13.9 Å². The smallest absolute Gasteiger partial charge is 0.333 e. The molecule has 3 atom stereocenters. The summed E-state index contributed by atoms with van der Waals surface area (Å²) in [5, 5.41) is 27.0. The number of nitrogens with one attached hydrogen (secondary N) is 1. The quantitative estimate of drug-likeness (QED) is 0.329. The summed E-state index contributed by atoms with van der Waals surface area (Å²) in [5.74, 6) is -0.278. The number of fused-ring (bicyclic) bond motifs is 1. The molecule has 38 heavy (non-hydrogen) atoms. The van der Waals surface area contributed by atoms with E-state index in [0.29, 0.717) is 32.4 Å². The van der Waals surface area contributed by atoms with Crippen LogP contribution >= 0.6 is 22.9 Å². The predicted molar refractivity (Wildman–Crippen MR) is 130 cm³/mol. The zero-order chi connectivity index (χ0) is 26.6. The Morgan fingerprint density at radius 3 is 2.76 bits per heavy atom. The van der Waals surface area contributed by atoms with Gasteiger partial charge in [0.1, 0.15) is 23.7 Å². The molecule has 196 valence electrons. The molecule has 6 rings (SSSR count). The van der Waals surface area contributed by atoms with Gasteiger partial charge in [-0.05, 0) is 18.2 Å². The SMILES string of the molecule is OC(c1c[nH]nn1)C1(F)CC2=C(c3ccn(C(F)F)n3)[C@H](c3ccc(F)cc3Cl)N=C(c3nccs3)N2C1. The van der Waals surface area contributed by atoms with Crippen LogP contribution in [0.15, 0.2) is 58.9 Å². The van der Waals surface area contributed by atoms with E-state index in [1.807, 2.05) is 0 Å². The molecule has 2 N–H and O–H groups in total. The number of allylic oxidation sites excluding steroid dienone is 1. The van der Waals surface area contributed by atoms with Crippen LogP contribution in [0.1, 0.15) is 47.1 Å². The molecule has 15 heteroatoms. The maximum absolute atomic E-state index is 16.6. The van der Waals surface area contributed by atoms with E-state index in [4.69, 9.17) is 16.6 Å². The lowest BCUT2D eigenvalue weighted by molar-refractivity contribution is -0.00256. The van der Waals surface area contributed by atoms with Crippen molar-refractivity contribution in [1.82, 2.24) is 35.1 Å². The third-order valence-electron chi connectivity index (χ3n) is 6.47. The number of aliphatic hydroxyl groups excluding tert-OH is 1. The maximum atomic E-state index is 16.6. The molecule has 5 heterocycles. The fourth-order valence-corrected chi connectivity index (χ4v) is 5.68. The number of amidine groups is 1. The molecular formula is C23H17ClF4N8OS. The van der Waals surface area contributed by atoms with Gasteiger partial charge < -0.3 is 10.0 Å². The van der Waals surface area contributed by atoms with Crippen molar-refractivity contribution < 1.29 is 22.7 Å². The van der Waals surface area contributed by atoms with Crippen LogP contribution in [-0.2, 0) is 0 Å². The zero-order valence-corrected chi connectivity index (χ0v) is 20.7. The molecule has 4 aromatic rings. The van der Waals surface area contributed by atoms with Crippen molar-refractivity contribution in [3.05, 3.63) is 86.7 Å². The average molecular weight is 565 g/mol. The molecule has 0 saturated carbocycles. The van der Waals surface area contributed by atoms with E-state index < -0.39 is 30.2 Å². The molecule has 0 spiro atoms. The number of halogens is 5. The Morgan fingerprint density at radius 2 is 2.11 bits per heavy atom. The monoisotopic (exact) mass is 564 g/mol. The molecule has 1 fully saturated rings. The number of hydrogen-bond donors (Lipinski definition) is 2. The fourth-order valence-electron chi connectivity index (χ4n) is 4.77. The van der Waals surface area contributed by atoms with Gasteiger partial charge >= 0.3 is 6.55 Å². The largest absolute Gasteiger partial charge is 0.383 e. The maximum Gasteiger partial charge on any atom is 0.333 e. The van der Waals surface area contributed by atoms with Crippen LogP contribution in [0.2, 0.25) is 5.02 Å². The second-order valence-corrected chi connectivity index (χ2v) is 10.1. The number of hydrogen-bond acceptors (Lipinski definition) is 8.